The second-order valence-electron chi connectivity index (χ2n) is 7.13. The van der Waals surface area contributed by atoms with Gasteiger partial charge in [-0.3, -0.25) is 29.1 Å². The molecule has 1 aromatic carbocycles. The topological polar surface area (TPSA) is 152 Å². The first kappa shape index (κ1) is 22.9. The number of carboxylic acid groups (broad SMARTS) is 1. The average Bonchev–Trinajstić information content (AvgIpc) is 3.08. The van der Waals surface area contributed by atoms with E-state index in [1.165, 1.54) is 12.1 Å². The van der Waals surface area contributed by atoms with Gasteiger partial charge in [-0.1, -0.05) is 24.3 Å². The van der Waals surface area contributed by atoms with Gasteiger partial charge in [0.2, 0.25) is 5.91 Å². The molecule has 2 N–H and O–H groups in total. The first-order chi connectivity index (χ1) is 16.3. The van der Waals surface area contributed by atoms with E-state index >= 15 is 0 Å². The van der Waals surface area contributed by atoms with Gasteiger partial charge in [-0.2, -0.15) is 5.10 Å². The summed E-state index contributed by atoms with van der Waals surface area (Å²) >= 11 is 0.792. The van der Waals surface area contributed by atoms with Crippen LogP contribution >= 0.6 is 11.8 Å². The molecule has 0 unspecified atom stereocenters. The van der Waals surface area contributed by atoms with Crippen LogP contribution in [0.5, 0.6) is 0 Å². The molecule has 172 valence electrons. The molecule has 34 heavy (non-hydrogen) atoms. The summed E-state index contributed by atoms with van der Waals surface area (Å²) in [5, 5.41) is 15.6. The number of imide groups is 1. The number of fused-ring (bicyclic) bond motifs is 1. The molecule has 3 heterocycles. The molecule has 11 nitrogen and oxygen atoms in total. The Hall–Kier alpha value is -4.32. The third kappa shape index (κ3) is 4.71. The Bertz CT molecular complexity index is 1400. The second-order valence-corrected chi connectivity index (χ2v) is 8.12. The number of aromatic carboxylic acids is 1. The van der Waals surface area contributed by atoms with E-state index in [4.69, 9.17) is 0 Å². The van der Waals surface area contributed by atoms with Crippen LogP contribution in [0.25, 0.3) is 16.8 Å². The fraction of sp³-hybridized carbons (Fsp3) is 0.136. The van der Waals surface area contributed by atoms with E-state index in [1.54, 1.807) is 42.7 Å². The summed E-state index contributed by atoms with van der Waals surface area (Å²) in [7, 11) is 0. The largest absolute Gasteiger partial charge is 0.476 e. The van der Waals surface area contributed by atoms with Gasteiger partial charge in [-0.15, -0.1) is 0 Å². The molecule has 3 aromatic rings. The molecule has 1 fully saturated rings. The minimum absolute atomic E-state index is 0.0504. The van der Waals surface area contributed by atoms with Crippen molar-refractivity contribution in [2.24, 2.45) is 0 Å². The Morgan fingerprint density at radius 2 is 1.85 bits per heavy atom. The molecule has 0 saturated carbocycles. The number of benzene rings is 1. The van der Waals surface area contributed by atoms with Crippen molar-refractivity contribution in [1.29, 1.82) is 0 Å². The third-order valence-corrected chi connectivity index (χ3v) is 5.78. The van der Waals surface area contributed by atoms with Crippen LogP contribution in [0.1, 0.15) is 16.1 Å². The maximum Gasteiger partial charge on any atom is 0.357 e. The fourth-order valence-corrected chi connectivity index (χ4v) is 4.17. The van der Waals surface area contributed by atoms with Crippen molar-refractivity contribution < 1.29 is 24.3 Å². The Morgan fingerprint density at radius 3 is 2.56 bits per heavy atom. The lowest BCUT2D eigenvalue weighted by Gasteiger charge is -2.13. The number of hydrogen-bond acceptors (Lipinski definition) is 8. The number of aromatic nitrogens is 3. The molecule has 0 radical (unpaired) electrons. The quantitative estimate of drug-likeness (QED) is 0.478. The van der Waals surface area contributed by atoms with Gasteiger partial charge in [0.25, 0.3) is 16.7 Å². The summed E-state index contributed by atoms with van der Waals surface area (Å²) in [4.78, 5) is 66.4. The molecule has 12 heteroatoms. The van der Waals surface area contributed by atoms with Crippen LogP contribution < -0.4 is 10.9 Å². The van der Waals surface area contributed by atoms with Crippen molar-refractivity contribution in [3.63, 3.8) is 0 Å². The highest BCUT2D eigenvalue weighted by molar-refractivity contribution is 8.18. The van der Waals surface area contributed by atoms with Crippen molar-refractivity contribution in [1.82, 2.24) is 25.0 Å². The molecule has 0 atom stereocenters. The van der Waals surface area contributed by atoms with Crippen LogP contribution in [0.2, 0.25) is 0 Å². The number of amides is 3. The number of carbonyl (C=O) groups is 4. The van der Waals surface area contributed by atoms with E-state index in [-0.39, 0.29) is 34.5 Å². The highest BCUT2D eigenvalue weighted by atomic mass is 32.2. The molecular weight excluding hydrogens is 462 g/mol. The van der Waals surface area contributed by atoms with Gasteiger partial charge < -0.3 is 10.4 Å². The molecule has 1 aliphatic rings. The van der Waals surface area contributed by atoms with Gasteiger partial charge in [0.1, 0.15) is 6.54 Å². The number of thioether (sulfide) groups is 1. The second kappa shape index (κ2) is 9.67. The molecule has 0 spiro atoms. The number of hydrogen-bond donors (Lipinski definition) is 2. The third-order valence-electron chi connectivity index (χ3n) is 4.88. The van der Waals surface area contributed by atoms with Crippen LogP contribution in [0.15, 0.2) is 58.5 Å². The van der Waals surface area contributed by atoms with E-state index in [1.807, 2.05) is 0 Å². The van der Waals surface area contributed by atoms with E-state index in [0.717, 1.165) is 21.3 Å². The van der Waals surface area contributed by atoms with Crippen molar-refractivity contribution in [3.05, 3.63) is 75.3 Å². The van der Waals surface area contributed by atoms with Crippen LogP contribution in [-0.4, -0.2) is 60.9 Å². The molecule has 2 aromatic heterocycles. The smallest absolute Gasteiger partial charge is 0.357 e. The highest BCUT2D eigenvalue weighted by Crippen LogP contribution is 2.31. The van der Waals surface area contributed by atoms with E-state index in [0.29, 0.717) is 5.56 Å². The summed E-state index contributed by atoms with van der Waals surface area (Å²) in [5.74, 6) is -2.44. The maximum absolute atomic E-state index is 12.6. The normalized spacial score (nSPS) is 14.7. The van der Waals surface area contributed by atoms with Crippen molar-refractivity contribution >= 4 is 51.6 Å². The predicted molar refractivity (Wildman–Crippen MR) is 123 cm³/mol. The Labute approximate surface area is 196 Å². The standard InChI is InChI=1S/C22H17N5O6S/c28-17(12-27-19(29)15-6-2-1-5-14(15)18(25-27)21(31)32)24-8-9-26-20(30)16(34-22(26)33)10-13-4-3-7-23-11-13/h1-7,10-11H,8-9,12H2,(H,24,28)(H,31,32)/b16-10-. The zero-order chi connectivity index (χ0) is 24.2. The van der Waals surface area contributed by atoms with Crippen LogP contribution in [0.3, 0.4) is 0 Å². The van der Waals surface area contributed by atoms with Gasteiger partial charge in [0.15, 0.2) is 5.69 Å². The SMILES string of the molecule is O=C(Cn1nc(C(=O)O)c2ccccc2c1=O)NCCN1C(=O)S/C(=C\c2cccnc2)C1=O. The lowest BCUT2D eigenvalue weighted by molar-refractivity contribution is -0.124. The molecule has 3 amide bonds. The molecule has 1 aliphatic heterocycles. The van der Waals surface area contributed by atoms with Crippen molar-refractivity contribution in [2.75, 3.05) is 13.1 Å². The lowest BCUT2D eigenvalue weighted by atomic mass is 10.1. The van der Waals surface area contributed by atoms with Gasteiger partial charge in [0, 0.05) is 30.9 Å². The zero-order valence-corrected chi connectivity index (χ0v) is 18.3. The molecule has 4 rings (SSSR count). The Morgan fingerprint density at radius 1 is 1.09 bits per heavy atom. The van der Waals surface area contributed by atoms with Crippen LogP contribution in [0.4, 0.5) is 4.79 Å². The fourth-order valence-electron chi connectivity index (χ4n) is 3.30. The summed E-state index contributed by atoms with van der Waals surface area (Å²) < 4.78 is 0.776. The number of nitrogens with one attached hydrogen (secondary N) is 1. The van der Waals surface area contributed by atoms with E-state index in [2.05, 4.69) is 15.4 Å². The highest BCUT2D eigenvalue weighted by Gasteiger charge is 2.34. The molecule has 0 aliphatic carbocycles. The Kier molecular flexibility index (Phi) is 6.50. The van der Waals surface area contributed by atoms with Crippen molar-refractivity contribution in [2.45, 2.75) is 6.54 Å². The molecular formula is C22H17N5O6S. The summed E-state index contributed by atoms with van der Waals surface area (Å²) in [5.41, 5.74) is -0.279. The Balaban J connectivity index is 1.40. The average molecular weight is 479 g/mol. The molecule has 0 bridgehead atoms. The van der Waals surface area contributed by atoms with E-state index in [9.17, 15) is 29.1 Å². The van der Waals surface area contributed by atoms with Gasteiger partial charge in [-0.25, -0.2) is 9.48 Å². The minimum Gasteiger partial charge on any atom is -0.476 e. The van der Waals surface area contributed by atoms with Gasteiger partial charge >= 0.3 is 5.97 Å². The monoisotopic (exact) mass is 479 g/mol. The van der Waals surface area contributed by atoms with Crippen LogP contribution in [0, 0.1) is 0 Å². The predicted octanol–water partition coefficient (Wildman–Crippen LogP) is 1.34. The van der Waals surface area contributed by atoms with E-state index < -0.39 is 35.1 Å². The summed E-state index contributed by atoms with van der Waals surface area (Å²) in [6.07, 6.45) is 4.72. The zero-order valence-electron chi connectivity index (χ0n) is 17.5. The first-order valence-corrected chi connectivity index (χ1v) is 10.8. The number of carboxylic acids is 1. The number of pyridine rings is 1. The molecule has 1 saturated heterocycles. The van der Waals surface area contributed by atoms with Crippen LogP contribution in [-0.2, 0) is 16.1 Å². The first-order valence-electron chi connectivity index (χ1n) is 10.0. The maximum atomic E-state index is 12.6. The number of nitrogens with zero attached hydrogens (tertiary/aromatic N) is 4. The van der Waals surface area contributed by atoms with Gasteiger partial charge in [0.05, 0.1) is 10.3 Å². The number of rotatable bonds is 7. The summed E-state index contributed by atoms with van der Waals surface area (Å²) in [6.45, 7) is -0.640. The lowest BCUT2D eigenvalue weighted by Crippen LogP contribution is -2.40. The number of carbonyl (C=O) groups excluding carboxylic acids is 3. The van der Waals surface area contributed by atoms with Crippen molar-refractivity contribution in [3.8, 4) is 0 Å². The van der Waals surface area contributed by atoms with Gasteiger partial charge in [-0.05, 0) is 35.5 Å². The summed E-state index contributed by atoms with van der Waals surface area (Å²) in [6, 6.07) is 9.55. The minimum atomic E-state index is -1.33.